The molecule has 132 valence electrons. The SMILES string of the molecule is CC(=Cc1ccccc1)C=C1SC(=S)N(CC(=O)NC(C)(C)C)C1=O. The predicted octanol–water partition coefficient (Wildman–Crippen LogP) is 3.75. The van der Waals surface area contributed by atoms with Crippen molar-refractivity contribution in [2.75, 3.05) is 6.54 Å². The Morgan fingerprint density at radius 2 is 1.92 bits per heavy atom. The lowest BCUT2D eigenvalue weighted by atomic mass is 10.1. The van der Waals surface area contributed by atoms with Crippen LogP contribution in [0.5, 0.6) is 0 Å². The molecule has 0 radical (unpaired) electrons. The molecule has 1 aromatic carbocycles. The van der Waals surface area contributed by atoms with Crippen LogP contribution in [0.15, 0.2) is 46.9 Å². The minimum atomic E-state index is -0.345. The zero-order chi connectivity index (χ0) is 18.6. The monoisotopic (exact) mass is 374 g/mol. The van der Waals surface area contributed by atoms with Gasteiger partial charge < -0.3 is 5.32 Å². The third kappa shape index (κ3) is 5.83. The van der Waals surface area contributed by atoms with E-state index in [9.17, 15) is 9.59 Å². The number of thioether (sulfide) groups is 1. The zero-order valence-electron chi connectivity index (χ0n) is 14.8. The van der Waals surface area contributed by atoms with E-state index in [4.69, 9.17) is 12.2 Å². The second kappa shape index (κ2) is 7.97. The molecule has 0 saturated carbocycles. The summed E-state index contributed by atoms with van der Waals surface area (Å²) < 4.78 is 0.410. The largest absolute Gasteiger partial charge is 0.350 e. The number of rotatable bonds is 4. The van der Waals surface area contributed by atoms with Gasteiger partial charge in [0, 0.05) is 5.54 Å². The van der Waals surface area contributed by atoms with Crippen molar-refractivity contribution in [3.63, 3.8) is 0 Å². The Kier molecular flexibility index (Phi) is 6.19. The van der Waals surface area contributed by atoms with Gasteiger partial charge in [-0.3, -0.25) is 14.5 Å². The number of nitrogens with zero attached hydrogens (tertiary/aromatic N) is 1. The second-order valence-electron chi connectivity index (χ2n) is 6.87. The van der Waals surface area contributed by atoms with Crippen LogP contribution < -0.4 is 5.32 Å². The molecule has 0 spiro atoms. The van der Waals surface area contributed by atoms with Crippen LogP contribution in [0.25, 0.3) is 6.08 Å². The van der Waals surface area contributed by atoms with E-state index in [-0.39, 0.29) is 23.9 Å². The van der Waals surface area contributed by atoms with E-state index >= 15 is 0 Å². The van der Waals surface area contributed by atoms with Crippen molar-refractivity contribution >= 4 is 46.2 Å². The summed E-state index contributed by atoms with van der Waals surface area (Å²) in [5.74, 6) is -0.443. The van der Waals surface area contributed by atoms with Gasteiger partial charge in [0.25, 0.3) is 5.91 Å². The van der Waals surface area contributed by atoms with Crippen LogP contribution in [-0.2, 0) is 9.59 Å². The van der Waals surface area contributed by atoms with Crippen LogP contribution in [0.1, 0.15) is 33.3 Å². The molecule has 25 heavy (non-hydrogen) atoms. The highest BCUT2D eigenvalue weighted by atomic mass is 32.2. The highest BCUT2D eigenvalue weighted by Crippen LogP contribution is 2.31. The number of hydrogen-bond donors (Lipinski definition) is 1. The van der Waals surface area contributed by atoms with Gasteiger partial charge in [-0.15, -0.1) is 0 Å². The Morgan fingerprint density at radius 3 is 2.52 bits per heavy atom. The Balaban J connectivity index is 2.10. The molecule has 0 aliphatic carbocycles. The molecule has 4 nitrogen and oxygen atoms in total. The summed E-state index contributed by atoms with van der Waals surface area (Å²) in [7, 11) is 0. The van der Waals surface area contributed by atoms with Crippen LogP contribution in [0, 0.1) is 0 Å². The highest BCUT2D eigenvalue weighted by molar-refractivity contribution is 8.26. The lowest BCUT2D eigenvalue weighted by molar-refractivity contribution is -0.129. The molecule has 2 amide bonds. The number of amides is 2. The number of nitrogens with one attached hydrogen (secondary N) is 1. The van der Waals surface area contributed by atoms with E-state index in [1.807, 2.05) is 70.2 Å². The minimum absolute atomic E-state index is 0.0548. The Morgan fingerprint density at radius 1 is 1.28 bits per heavy atom. The predicted molar refractivity (Wildman–Crippen MR) is 108 cm³/mol. The number of carbonyl (C=O) groups is 2. The van der Waals surface area contributed by atoms with E-state index in [0.29, 0.717) is 9.23 Å². The smallest absolute Gasteiger partial charge is 0.266 e. The maximum absolute atomic E-state index is 12.5. The summed E-state index contributed by atoms with van der Waals surface area (Å²) in [4.78, 5) is 26.5. The van der Waals surface area contributed by atoms with Gasteiger partial charge in [-0.25, -0.2) is 0 Å². The first kappa shape index (κ1) is 19.4. The van der Waals surface area contributed by atoms with E-state index in [1.54, 1.807) is 0 Å². The van der Waals surface area contributed by atoms with Gasteiger partial charge in [0.15, 0.2) is 0 Å². The highest BCUT2D eigenvalue weighted by Gasteiger charge is 2.33. The molecule has 1 aromatic rings. The van der Waals surface area contributed by atoms with E-state index in [2.05, 4.69) is 5.32 Å². The number of allylic oxidation sites excluding steroid dienone is 2. The van der Waals surface area contributed by atoms with Crippen LogP contribution in [0.2, 0.25) is 0 Å². The lowest BCUT2D eigenvalue weighted by Crippen LogP contribution is -2.46. The second-order valence-corrected chi connectivity index (χ2v) is 8.54. The van der Waals surface area contributed by atoms with Crippen molar-refractivity contribution < 1.29 is 9.59 Å². The normalized spacial score (nSPS) is 17.4. The van der Waals surface area contributed by atoms with Gasteiger partial charge in [-0.05, 0) is 44.9 Å². The molecule has 1 aliphatic heterocycles. The summed E-state index contributed by atoms with van der Waals surface area (Å²) in [5.41, 5.74) is 1.67. The summed E-state index contributed by atoms with van der Waals surface area (Å²) in [6.45, 7) is 7.57. The first-order valence-electron chi connectivity index (χ1n) is 7.95. The first-order chi connectivity index (χ1) is 11.7. The van der Waals surface area contributed by atoms with Crippen LogP contribution in [0.4, 0.5) is 0 Å². The van der Waals surface area contributed by atoms with Crippen molar-refractivity contribution in [2.24, 2.45) is 0 Å². The molecule has 0 aromatic heterocycles. The van der Waals surface area contributed by atoms with Gasteiger partial charge in [-0.2, -0.15) is 0 Å². The van der Waals surface area contributed by atoms with Crippen molar-refractivity contribution in [1.82, 2.24) is 10.2 Å². The van der Waals surface area contributed by atoms with E-state index in [0.717, 1.165) is 11.1 Å². The fraction of sp³-hybridized carbons (Fsp3) is 0.316. The quantitative estimate of drug-likeness (QED) is 0.644. The third-order valence-electron chi connectivity index (χ3n) is 3.24. The molecule has 1 saturated heterocycles. The molecular weight excluding hydrogens is 352 g/mol. The van der Waals surface area contributed by atoms with Crippen molar-refractivity contribution in [3.05, 3.63) is 52.4 Å². The van der Waals surface area contributed by atoms with Crippen molar-refractivity contribution in [2.45, 2.75) is 33.2 Å². The van der Waals surface area contributed by atoms with Gasteiger partial charge in [0.2, 0.25) is 5.91 Å². The van der Waals surface area contributed by atoms with E-state index in [1.165, 1.54) is 16.7 Å². The summed E-state index contributed by atoms with van der Waals surface area (Å²) in [6, 6.07) is 9.89. The molecule has 1 heterocycles. The molecule has 1 N–H and O–H groups in total. The summed E-state index contributed by atoms with van der Waals surface area (Å²) in [6.07, 6.45) is 3.81. The van der Waals surface area contributed by atoms with Gasteiger partial charge in [-0.1, -0.05) is 60.4 Å². The number of carbonyl (C=O) groups excluding carboxylic acids is 2. The average molecular weight is 375 g/mol. The topological polar surface area (TPSA) is 49.4 Å². The van der Waals surface area contributed by atoms with Crippen LogP contribution in [0.3, 0.4) is 0 Å². The van der Waals surface area contributed by atoms with Crippen LogP contribution >= 0.6 is 24.0 Å². The molecule has 0 atom stereocenters. The molecule has 0 bridgehead atoms. The molecule has 0 unspecified atom stereocenters. The number of hydrogen-bond acceptors (Lipinski definition) is 4. The number of thiocarbonyl (C=S) groups is 1. The van der Waals surface area contributed by atoms with Gasteiger partial charge in [0.05, 0.1) is 4.91 Å². The van der Waals surface area contributed by atoms with E-state index < -0.39 is 0 Å². The third-order valence-corrected chi connectivity index (χ3v) is 4.62. The molecule has 1 aliphatic rings. The van der Waals surface area contributed by atoms with Crippen LogP contribution in [-0.4, -0.2) is 33.1 Å². The summed E-state index contributed by atoms with van der Waals surface area (Å²) in [5, 5.41) is 2.84. The van der Waals surface area contributed by atoms with Crippen molar-refractivity contribution in [1.29, 1.82) is 0 Å². The molecular formula is C19H22N2O2S2. The fourth-order valence-corrected chi connectivity index (χ4v) is 3.60. The maximum Gasteiger partial charge on any atom is 0.266 e. The Labute approximate surface area is 158 Å². The summed E-state index contributed by atoms with van der Waals surface area (Å²) >= 11 is 6.49. The maximum atomic E-state index is 12.5. The average Bonchev–Trinajstić information content (AvgIpc) is 2.74. The van der Waals surface area contributed by atoms with Gasteiger partial charge >= 0.3 is 0 Å². The minimum Gasteiger partial charge on any atom is -0.350 e. The molecule has 6 heteroatoms. The first-order valence-corrected chi connectivity index (χ1v) is 9.18. The lowest BCUT2D eigenvalue weighted by Gasteiger charge is -2.22. The fourth-order valence-electron chi connectivity index (χ4n) is 2.30. The Hall–Kier alpha value is -1.92. The standard InChI is InChI=1S/C19H22N2O2S2/c1-13(10-14-8-6-5-7-9-14)11-15-17(23)21(18(24)25-15)12-16(22)20-19(2,3)4/h5-11H,12H2,1-4H3,(H,20,22). The van der Waals surface area contributed by atoms with Gasteiger partial charge in [0.1, 0.15) is 10.9 Å². The molecule has 1 fully saturated rings. The molecule has 2 rings (SSSR count). The van der Waals surface area contributed by atoms with Crippen molar-refractivity contribution in [3.8, 4) is 0 Å². The zero-order valence-corrected chi connectivity index (χ0v) is 16.5. The number of benzene rings is 1. The Bertz CT molecular complexity index is 746.